The number of pyridine rings is 1. The van der Waals surface area contributed by atoms with E-state index in [9.17, 15) is 0 Å². The summed E-state index contributed by atoms with van der Waals surface area (Å²) in [4.78, 5) is 0. The van der Waals surface area contributed by atoms with E-state index in [0.29, 0.717) is 0 Å². The first-order valence-electron chi connectivity index (χ1n) is 11.6. The molecule has 0 unspecified atom stereocenters. The van der Waals surface area contributed by atoms with E-state index < -0.39 is 0 Å². The van der Waals surface area contributed by atoms with Crippen LogP contribution in [0.15, 0.2) is 48.7 Å². The van der Waals surface area contributed by atoms with Crippen molar-refractivity contribution in [2.24, 2.45) is 12.5 Å². The molecule has 3 aromatic carbocycles. The normalized spacial score (nSPS) is 13.4. The van der Waals surface area contributed by atoms with E-state index in [-0.39, 0.29) is 10.8 Å². The van der Waals surface area contributed by atoms with Crippen LogP contribution in [0.2, 0.25) is 0 Å². The van der Waals surface area contributed by atoms with Gasteiger partial charge in [0.2, 0.25) is 5.69 Å². The van der Waals surface area contributed by atoms with E-state index in [1.165, 1.54) is 49.5 Å². The number of fused-ring (bicyclic) bond motifs is 3. The first-order chi connectivity index (χ1) is 15.0. The third kappa shape index (κ3) is 3.20. The number of aryl methyl sites for hydroxylation is 2. The Morgan fingerprint density at radius 3 is 2.25 bits per heavy atom. The van der Waals surface area contributed by atoms with Crippen molar-refractivity contribution in [1.29, 1.82) is 0 Å². The van der Waals surface area contributed by atoms with Gasteiger partial charge < -0.3 is 4.74 Å². The Labute approximate surface area is 191 Å². The Balaban J connectivity index is 1.93. The highest BCUT2D eigenvalue weighted by molar-refractivity contribution is 6.07. The number of aromatic nitrogens is 1. The third-order valence-corrected chi connectivity index (χ3v) is 6.62. The molecule has 5 rings (SSSR count). The third-order valence-electron chi connectivity index (χ3n) is 6.62. The molecule has 2 heterocycles. The van der Waals surface area contributed by atoms with E-state index >= 15 is 0 Å². The molecule has 0 atom stereocenters. The SMILES string of the molecule is Cc1c2c(c(C(C)(C)C)c3ccccc13)Oc1cc(CC(C)(C)C)cc3cc[n+](C)c-2c13. The van der Waals surface area contributed by atoms with Crippen LogP contribution in [0, 0.1) is 12.3 Å². The molecule has 0 aliphatic carbocycles. The fourth-order valence-corrected chi connectivity index (χ4v) is 5.44. The lowest BCUT2D eigenvalue weighted by atomic mass is 9.78. The molecule has 0 saturated heterocycles. The smallest absolute Gasteiger partial charge is 0.228 e. The van der Waals surface area contributed by atoms with Crippen molar-refractivity contribution in [1.82, 2.24) is 0 Å². The molecule has 0 bridgehead atoms. The summed E-state index contributed by atoms with van der Waals surface area (Å²) in [5.41, 5.74) is 6.57. The van der Waals surface area contributed by atoms with Crippen molar-refractivity contribution in [2.75, 3.05) is 0 Å². The highest BCUT2D eigenvalue weighted by atomic mass is 16.5. The summed E-state index contributed by atoms with van der Waals surface area (Å²) in [6.45, 7) is 16.0. The molecule has 0 fully saturated rings. The Morgan fingerprint density at radius 2 is 1.59 bits per heavy atom. The summed E-state index contributed by atoms with van der Waals surface area (Å²) in [7, 11) is 2.15. The van der Waals surface area contributed by atoms with Crippen molar-refractivity contribution >= 4 is 21.5 Å². The van der Waals surface area contributed by atoms with Crippen LogP contribution in [0.3, 0.4) is 0 Å². The van der Waals surface area contributed by atoms with E-state index in [0.717, 1.165) is 17.9 Å². The van der Waals surface area contributed by atoms with E-state index in [1.54, 1.807) is 0 Å². The highest BCUT2D eigenvalue weighted by Gasteiger charge is 2.36. The fraction of sp³-hybridized carbons (Fsp3) is 0.367. The number of ether oxygens (including phenoxy) is 1. The van der Waals surface area contributed by atoms with E-state index in [1.807, 2.05) is 0 Å². The molecule has 1 aliphatic rings. The van der Waals surface area contributed by atoms with Gasteiger partial charge in [0.05, 0.1) is 10.9 Å². The van der Waals surface area contributed by atoms with Crippen LogP contribution in [-0.2, 0) is 18.9 Å². The van der Waals surface area contributed by atoms with Gasteiger partial charge in [-0.05, 0) is 57.5 Å². The molecule has 164 valence electrons. The van der Waals surface area contributed by atoms with Crippen molar-refractivity contribution in [3.05, 3.63) is 65.4 Å². The molecule has 1 aromatic heterocycles. The predicted octanol–water partition coefficient (Wildman–Crippen LogP) is 7.78. The Kier molecular flexibility index (Phi) is 4.47. The summed E-state index contributed by atoms with van der Waals surface area (Å²) in [5.74, 6) is 2.01. The fourth-order valence-electron chi connectivity index (χ4n) is 5.44. The average molecular weight is 425 g/mol. The molecule has 0 saturated carbocycles. The van der Waals surface area contributed by atoms with Crippen LogP contribution in [0.5, 0.6) is 11.5 Å². The lowest BCUT2D eigenvalue weighted by Gasteiger charge is -2.31. The van der Waals surface area contributed by atoms with Crippen LogP contribution in [0.25, 0.3) is 32.8 Å². The number of hydrogen-bond donors (Lipinski definition) is 0. The summed E-state index contributed by atoms with van der Waals surface area (Å²) in [6.07, 6.45) is 3.22. The van der Waals surface area contributed by atoms with Gasteiger partial charge in [0.15, 0.2) is 6.20 Å². The number of nitrogens with zero attached hydrogens (tertiary/aromatic N) is 1. The molecular formula is C30H34NO+. The average Bonchev–Trinajstić information content (AvgIpc) is 2.67. The monoisotopic (exact) mass is 424 g/mol. The number of benzene rings is 3. The minimum absolute atomic E-state index is 0.0512. The predicted molar refractivity (Wildman–Crippen MR) is 135 cm³/mol. The summed E-state index contributed by atoms with van der Waals surface area (Å²) in [5, 5.41) is 5.08. The van der Waals surface area contributed by atoms with Crippen LogP contribution >= 0.6 is 0 Å². The zero-order valence-corrected chi connectivity index (χ0v) is 20.7. The van der Waals surface area contributed by atoms with Gasteiger partial charge in [-0.3, -0.25) is 0 Å². The molecule has 0 N–H and O–H groups in total. The standard InChI is InChI=1S/C30H34NO/c1-18-21-11-9-10-12-22(21)26(30(5,6)7)28-24(18)27-25-20(13-14-31(27)8)15-19(16-23(25)32-28)17-29(2,3)4/h9-16H,17H2,1-8H3/q+1. The molecule has 0 spiro atoms. The second-order valence-electron chi connectivity index (χ2n) is 11.7. The zero-order chi connectivity index (χ0) is 23.0. The summed E-state index contributed by atoms with van der Waals surface area (Å²) < 4.78 is 9.16. The van der Waals surface area contributed by atoms with Gasteiger partial charge in [0, 0.05) is 11.6 Å². The van der Waals surface area contributed by atoms with Crippen molar-refractivity contribution in [3.8, 4) is 22.8 Å². The van der Waals surface area contributed by atoms with Crippen LogP contribution in [-0.4, -0.2) is 0 Å². The van der Waals surface area contributed by atoms with Crippen LogP contribution < -0.4 is 9.30 Å². The first kappa shape index (κ1) is 21.0. The van der Waals surface area contributed by atoms with Gasteiger partial charge in [-0.2, -0.15) is 0 Å². The molecule has 0 amide bonds. The number of rotatable bonds is 1. The number of hydrogen-bond acceptors (Lipinski definition) is 1. The quantitative estimate of drug-likeness (QED) is 0.250. The molecule has 2 heteroatoms. The van der Waals surface area contributed by atoms with Crippen molar-refractivity contribution in [2.45, 2.75) is 60.3 Å². The topological polar surface area (TPSA) is 13.1 Å². The van der Waals surface area contributed by atoms with Crippen LogP contribution in [0.1, 0.15) is 58.2 Å². The van der Waals surface area contributed by atoms with Crippen molar-refractivity contribution < 1.29 is 9.30 Å². The molecule has 1 aliphatic heterocycles. The van der Waals surface area contributed by atoms with E-state index in [2.05, 4.69) is 109 Å². The molecule has 0 radical (unpaired) electrons. The van der Waals surface area contributed by atoms with Gasteiger partial charge in [0.25, 0.3) is 0 Å². The Morgan fingerprint density at radius 1 is 0.906 bits per heavy atom. The van der Waals surface area contributed by atoms with Gasteiger partial charge >= 0.3 is 0 Å². The van der Waals surface area contributed by atoms with Gasteiger partial charge in [-0.1, -0.05) is 71.9 Å². The summed E-state index contributed by atoms with van der Waals surface area (Å²) in [6, 6.07) is 15.6. The van der Waals surface area contributed by atoms with Gasteiger partial charge in [-0.15, -0.1) is 0 Å². The molecule has 2 nitrogen and oxygen atoms in total. The minimum atomic E-state index is -0.0512. The maximum Gasteiger partial charge on any atom is 0.228 e. The van der Waals surface area contributed by atoms with E-state index in [4.69, 9.17) is 4.74 Å². The Bertz CT molecular complexity index is 1400. The summed E-state index contributed by atoms with van der Waals surface area (Å²) >= 11 is 0. The van der Waals surface area contributed by atoms with Crippen LogP contribution in [0.4, 0.5) is 0 Å². The highest BCUT2D eigenvalue weighted by Crippen LogP contribution is 2.53. The zero-order valence-electron chi connectivity index (χ0n) is 20.7. The molecular weight excluding hydrogens is 390 g/mol. The largest absolute Gasteiger partial charge is 0.455 e. The molecule has 32 heavy (non-hydrogen) atoms. The first-order valence-corrected chi connectivity index (χ1v) is 11.6. The second-order valence-corrected chi connectivity index (χ2v) is 11.7. The molecule has 4 aromatic rings. The second kappa shape index (κ2) is 6.81. The lowest BCUT2D eigenvalue weighted by Crippen LogP contribution is -2.32. The van der Waals surface area contributed by atoms with Gasteiger partial charge in [-0.25, -0.2) is 4.57 Å². The maximum atomic E-state index is 6.89. The van der Waals surface area contributed by atoms with Gasteiger partial charge in [0.1, 0.15) is 18.5 Å². The minimum Gasteiger partial charge on any atom is -0.455 e. The Hall–Kier alpha value is -2.87. The van der Waals surface area contributed by atoms with Crippen molar-refractivity contribution in [3.63, 3.8) is 0 Å². The lowest BCUT2D eigenvalue weighted by molar-refractivity contribution is -0.659. The maximum absolute atomic E-state index is 6.89.